The minimum absolute atomic E-state index is 0.313. The van der Waals surface area contributed by atoms with Crippen LogP contribution in [0.3, 0.4) is 0 Å². The van der Waals surface area contributed by atoms with Crippen LogP contribution in [0.25, 0.3) is 0 Å². The molecule has 0 aliphatic heterocycles. The van der Waals surface area contributed by atoms with Crippen LogP contribution in [-0.4, -0.2) is 22.3 Å². The number of anilines is 3. The molecule has 1 aromatic carbocycles. The maximum Gasteiger partial charge on any atom is 0.288 e. The molecule has 0 radical (unpaired) electrons. The lowest BCUT2D eigenvalue weighted by atomic mass is 10.3. The van der Waals surface area contributed by atoms with Crippen LogP contribution in [0.15, 0.2) is 35.4 Å². The average molecular weight is 331 g/mol. The number of para-hydroxylation sites is 1. The zero-order chi connectivity index (χ0) is 15.2. The summed E-state index contributed by atoms with van der Waals surface area (Å²) in [7, 11) is 0. The van der Waals surface area contributed by atoms with Crippen LogP contribution >= 0.6 is 23.4 Å². The molecule has 0 saturated carbocycles. The zero-order valence-corrected chi connectivity index (χ0v) is 12.7. The van der Waals surface area contributed by atoms with Gasteiger partial charge < -0.3 is 10.6 Å². The third-order valence-corrected chi connectivity index (χ3v) is 3.50. The lowest BCUT2D eigenvalue weighted by Crippen LogP contribution is -2.04. The molecule has 0 spiro atoms. The Morgan fingerprint density at radius 1 is 1.33 bits per heavy atom. The maximum absolute atomic E-state index is 12.6. The number of halogens is 3. The third-order valence-electron chi connectivity index (χ3n) is 2.44. The van der Waals surface area contributed by atoms with Crippen LogP contribution in [0.4, 0.5) is 26.2 Å². The van der Waals surface area contributed by atoms with Crippen LogP contribution < -0.4 is 10.6 Å². The Morgan fingerprint density at radius 3 is 2.81 bits per heavy atom. The molecule has 21 heavy (non-hydrogen) atoms. The number of aromatic nitrogens is 2. The predicted octanol–water partition coefficient (Wildman–Crippen LogP) is 4.62. The van der Waals surface area contributed by atoms with Crippen molar-refractivity contribution in [3.63, 3.8) is 0 Å². The molecule has 8 heteroatoms. The van der Waals surface area contributed by atoms with E-state index in [-0.39, 0.29) is 0 Å². The van der Waals surface area contributed by atoms with Crippen molar-refractivity contribution in [2.75, 3.05) is 17.2 Å². The molecule has 0 saturated heterocycles. The Morgan fingerprint density at radius 2 is 2.10 bits per heavy atom. The van der Waals surface area contributed by atoms with E-state index < -0.39 is 5.76 Å². The van der Waals surface area contributed by atoms with Gasteiger partial charge in [0.15, 0.2) is 5.82 Å². The molecule has 1 aromatic heterocycles. The number of nitrogens with one attached hydrogen (secondary N) is 2. The molecular weight excluding hydrogens is 318 g/mol. The minimum atomic E-state index is -2.49. The van der Waals surface area contributed by atoms with E-state index in [1.54, 1.807) is 24.3 Å². The second-order valence-electron chi connectivity index (χ2n) is 3.92. The van der Waals surface area contributed by atoms with Gasteiger partial charge in [0.05, 0.1) is 11.9 Å². The highest BCUT2D eigenvalue weighted by Crippen LogP contribution is 2.34. The molecule has 1 heterocycles. The number of hydrogen-bond donors (Lipinski definition) is 2. The van der Waals surface area contributed by atoms with Crippen molar-refractivity contribution >= 4 is 40.8 Å². The van der Waals surface area contributed by atoms with Crippen molar-refractivity contribution in [2.24, 2.45) is 0 Å². The molecule has 2 rings (SSSR count). The minimum Gasteiger partial charge on any atom is -0.354 e. The molecule has 0 aliphatic rings. The van der Waals surface area contributed by atoms with E-state index in [2.05, 4.69) is 20.6 Å². The standard InChI is InChI=1S/C13H13ClF2N4S/c1-2-17-13-18-7-8(14)11(20-13)19-9-5-3-4-6-10(9)21-12(15)16/h3-7,12H,2H2,1H3,(H2,17,18,19,20). The fourth-order valence-electron chi connectivity index (χ4n) is 1.59. The van der Waals surface area contributed by atoms with Crippen LogP contribution in [-0.2, 0) is 0 Å². The molecular formula is C13H13ClF2N4S. The van der Waals surface area contributed by atoms with Crippen molar-refractivity contribution < 1.29 is 8.78 Å². The number of benzene rings is 1. The number of rotatable bonds is 6. The van der Waals surface area contributed by atoms with Gasteiger partial charge in [0, 0.05) is 11.4 Å². The Hall–Kier alpha value is -1.60. The molecule has 0 unspecified atom stereocenters. The summed E-state index contributed by atoms with van der Waals surface area (Å²) in [5.74, 6) is -1.71. The van der Waals surface area contributed by atoms with Crippen LogP contribution in [0.5, 0.6) is 0 Å². The first-order valence-electron chi connectivity index (χ1n) is 6.17. The first-order chi connectivity index (χ1) is 10.1. The molecule has 2 N–H and O–H groups in total. The lowest BCUT2D eigenvalue weighted by Gasteiger charge is -2.12. The van der Waals surface area contributed by atoms with Gasteiger partial charge in [-0.15, -0.1) is 0 Å². The number of thioether (sulfide) groups is 1. The van der Waals surface area contributed by atoms with Gasteiger partial charge in [-0.25, -0.2) is 4.98 Å². The van der Waals surface area contributed by atoms with Gasteiger partial charge in [-0.2, -0.15) is 13.8 Å². The average Bonchev–Trinajstić information content (AvgIpc) is 2.44. The zero-order valence-electron chi connectivity index (χ0n) is 11.1. The summed E-state index contributed by atoms with van der Waals surface area (Å²) in [6.07, 6.45) is 1.46. The second kappa shape index (κ2) is 7.42. The largest absolute Gasteiger partial charge is 0.354 e. The van der Waals surface area contributed by atoms with Gasteiger partial charge in [-0.1, -0.05) is 35.5 Å². The van der Waals surface area contributed by atoms with E-state index in [0.29, 0.717) is 45.7 Å². The molecule has 0 bridgehead atoms. The molecule has 112 valence electrons. The highest BCUT2D eigenvalue weighted by molar-refractivity contribution is 7.99. The first-order valence-corrected chi connectivity index (χ1v) is 7.43. The topological polar surface area (TPSA) is 49.8 Å². The van der Waals surface area contributed by atoms with Crippen molar-refractivity contribution in [2.45, 2.75) is 17.6 Å². The van der Waals surface area contributed by atoms with Crippen molar-refractivity contribution in [1.82, 2.24) is 9.97 Å². The molecule has 4 nitrogen and oxygen atoms in total. The fourth-order valence-corrected chi connectivity index (χ4v) is 2.33. The maximum atomic E-state index is 12.6. The van der Waals surface area contributed by atoms with Crippen LogP contribution in [0, 0.1) is 0 Å². The number of hydrogen-bond acceptors (Lipinski definition) is 5. The third kappa shape index (κ3) is 4.44. The van der Waals surface area contributed by atoms with E-state index >= 15 is 0 Å². The Kier molecular flexibility index (Phi) is 5.58. The number of alkyl halides is 2. The molecule has 0 aliphatic carbocycles. The SMILES string of the molecule is CCNc1ncc(Cl)c(Nc2ccccc2SC(F)F)n1. The normalized spacial score (nSPS) is 10.7. The van der Waals surface area contributed by atoms with Gasteiger partial charge in [0.1, 0.15) is 5.02 Å². The molecule has 2 aromatic rings. The van der Waals surface area contributed by atoms with Gasteiger partial charge in [0.2, 0.25) is 5.95 Å². The van der Waals surface area contributed by atoms with E-state index in [4.69, 9.17) is 11.6 Å². The Balaban J connectivity index is 2.27. The first kappa shape index (κ1) is 15.8. The molecule has 0 fully saturated rings. The summed E-state index contributed by atoms with van der Waals surface area (Å²) in [6, 6.07) is 6.75. The molecule has 0 atom stereocenters. The smallest absolute Gasteiger partial charge is 0.288 e. The lowest BCUT2D eigenvalue weighted by molar-refractivity contribution is 0.252. The summed E-state index contributed by atoms with van der Waals surface area (Å²) in [4.78, 5) is 8.66. The van der Waals surface area contributed by atoms with E-state index in [9.17, 15) is 8.78 Å². The van der Waals surface area contributed by atoms with E-state index in [0.717, 1.165) is 0 Å². The summed E-state index contributed by atoms with van der Waals surface area (Å²) in [5, 5.41) is 6.24. The highest BCUT2D eigenvalue weighted by atomic mass is 35.5. The van der Waals surface area contributed by atoms with Gasteiger partial charge in [0.25, 0.3) is 5.76 Å². The summed E-state index contributed by atoms with van der Waals surface area (Å²) in [6.45, 7) is 2.58. The van der Waals surface area contributed by atoms with Gasteiger partial charge in [-0.3, -0.25) is 0 Å². The summed E-state index contributed by atoms with van der Waals surface area (Å²) in [5.41, 5.74) is 0.519. The summed E-state index contributed by atoms with van der Waals surface area (Å²) >= 11 is 6.50. The fraction of sp³-hybridized carbons (Fsp3) is 0.231. The predicted molar refractivity (Wildman–Crippen MR) is 82.8 cm³/mol. The van der Waals surface area contributed by atoms with Crippen molar-refractivity contribution in [3.05, 3.63) is 35.5 Å². The van der Waals surface area contributed by atoms with Crippen molar-refractivity contribution in [3.8, 4) is 0 Å². The number of nitrogens with zero attached hydrogens (tertiary/aromatic N) is 2. The van der Waals surface area contributed by atoms with Crippen molar-refractivity contribution in [1.29, 1.82) is 0 Å². The van der Waals surface area contributed by atoms with E-state index in [1.165, 1.54) is 6.20 Å². The quantitative estimate of drug-likeness (QED) is 0.757. The Labute approximate surface area is 130 Å². The monoisotopic (exact) mass is 330 g/mol. The second-order valence-corrected chi connectivity index (χ2v) is 5.36. The highest BCUT2D eigenvalue weighted by Gasteiger charge is 2.12. The van der Waals surface area contributed by atoms with Crippen LogP contribution in [0.1, 0.15) is 6.92 Å². The summed E-state index contributed by atoms with van der Waals surface area (Å²) < 4.78 is 25.1. The van der Waals surface area contributed by atoms with Crippen LogP contribution in [0.2, 0.25) is 5.02 Å². The van der Waals surface area contributed by atoms with Gasteiger partial charge in [-0.05, 0) is 19.1 Å². The Bertz CT molecular complexity index is 612. The van der Waals surface area contributed by atoms with E-state index in [1.807, 2.05) is 6.92 Å². The molecule has 0 amide bonds. The van der Waals surface area contributed by atoms with Gasteiger partial charge >= 0.3 is 0 Å².